The van der Waals surface area contributed by atoms with Gasteiger partial charge in [0.15, 0.2) is 0 Å². The Morgan fingerprint density at radius 1 is 0.906 bits per heavy atom. The zero-order valence-corrected chi connectivity index (χ0v) is 18.3. The van der Waals surface area contributed by atoms with Crippen LogP contribution in [0.15, 0.2) is 48.5 Å². The average molecular weight is 433 g/mol. The van der Waals surface area contributed by atoms with Gasteiger partial charge in [-0.05, 0) is 37.3 Å². The number of benzene rings is 2. The third kappa shape index (κ3) is 4.26. The Bertz CT molecular complexity index is 1120. The van der Waals surface area contributed by atoms with Crippen LogP contribution in [0.5, 0.6) is 0 Å². The zero-order chi connectivity index (χ0) is 21.9. The van der Waals surface area contributed by atoms with E-state index in [1.54, 1.807) is 0 Å². The summed E-state index contributed by atoms with van der Waals surface area (Å²) in [7, 11) is 0. The standard InChI is InChI=1S/C25H28N4O3/c1-18-16-21(20-4-2-3-5-22(20)26-18)25(30)27-23-7-6-19(28-8-12-31-13-9-28)17-24(23)29-10-14-32-15-11-29/h2-7,16-17H,8-15H2,1H3,(H,27,30). The number of aromatic nitrogens is 1. The Morgan fingerprint density at radius 3 is 2.34 bits per heavy atom. The maximum atomic E-state index is 13.4. The molecule has 1 amide bonds. The van der Waals surface area contributed by atoms with Crippen LogP contribution in [0.25, 0.3) is 10.9 Å². The van der Waals surface area contributed by atoms with Gasteiger partial charge in [-0.25, -0.2) is 0 Å². The van der Waals surface area contributed by atoms with E-state index >= 15 is 0 Å². The van der Waals surface area contributed by atoms with Gasteiger partial charge in [0, 0.05) is 42.9 Å². The monoisotopic (exact) mass is 432 g/mol. The van der Waals surface area contributed by atoms with Crippen LogP contribution >= 0.6 is 0 Å². The molecule has 2 aliphatic heterocycles. The van der Waals surface area contributed by atoms with Crippen molar-refractivity contribution in [3.05, 3.63) is 59.8 Å². The second-order valence-corrected chi connectivity index (χ2v) is 8.18. The summed E-state index contributed by atoms with van der Waals surface area (Å²) in [5.41, 5.74) is 5.28. The number of carbonyl (C=O) groups is 1. The van der Waals surface area contributed by atoms with E-state index < -0.39 is 0 Å². The number of nitrogens with zero attached hydrogens (tertiary/aromatic N) is 3. The van der Waals surface area contributed by atoms with Crippen LogP contribution < -0.4 is 15.1 Å². The van der Waals surface area contributed by atoms with Crippen LogP contribution in [0.3, 0.4) is 0 Å². The second-order valence-electron chi connectivity index (χ2n) is 8.18. The summed E-state index contributed by atoms with van der Waals surface area (Å²) >= 11 is 0. The van der Waals surface area contributed by atoms with E-state index in [0.717, 1.165) is 73.1 Å². The first-order chi connectivity index (χ1) is 15.7. The molecule has 0 radical (unpaired) electrons. The number of amides is 1. The largest absolute Gasteiger partial charge is 0.378 e. The smallest absolute Gasteiger partial charge is 0.256 e. The summed E-state index contributed by atoms with van der Waals surface area (Å²) in [4.78, 5) is 22.6. The van der Waals surface area contributed by atoms with Crippen LogP contribution in [0.4, 0.5) is 17.1 Å². The number of ether oxygens (including phenoxy) is 2. The first-order valence-corrected chi connectivity index (χ1v) is 11.2. The molecule has 1 N–H and O–H groups in total. The minimum Gasteiger partial charge on any atom is -0.378 e. The zero-order valence-electron chi connectivity index (χ0n) is 18.3. The van der Waals surface area contributed by atoms with Crippen molar-refractivity contribution in [1.82, 2.24) is 4.98 Å². The number of pyridine rings is 1. The van der Waals surface area contributed by atoms with E-state index in [4.69, 9.17) is 9.47 Å². The van der Waals surface area contributed by atoms with Gasteiger partial charge in [0.1, 0.15) is 0 Å². The summed E-state index contributed by atoms with van der Waals surface area (Å²) in [5, 5.41) is 4.04. The lowest BCUT2D eigenvalue weighted by molar-refractivity contribution is 0.102. The van der Waals surface area contributed by atoms with Crippen LogP contribution in [0.2, 0.25) is 0 Å². The predicted molar refractivity (Wildman–Crippen MR) is 127 cm³/mol. The Labute approximate surface area is 187 Å². The highest BCUT2D eigenvalue weighted by molar-refractivity contribution is 6.13. The van der Waals surface area contributed by atoms with Crippen molar-refractivity contribution in [3.8, 4) is 0 Å². The lowest BCUT2D eigenvalue weighted by Gasteiger charge is -2.33. The quantitative estimate of drug-likeness (QED) is 0.681. The molecule has 0 aliphatic carbocycles. The number of aryl methyl sites for hydroxylation is 1. The predicted octanol–water partition coefficient (Wildman–Crippen LogP) is 3.47. The van der Waals surface area contributed by atoms with E-state index in [1.165, 1.54) is 0 Å². The van der Waals surface area contributed by atoms with E-state index in [0.29, 0.717) is 18.8 Å². The lowest BCUT2D eigenvalue weighted by atomic mass is 10.1. The fourth-order valence-corrected chi connectivity index (χ4v) is 4.40. The Kier molecular flexibility index (Phi) is 5.92. The van der Waals surface area contributed by atoms with Crippen LogP contribution in [-0.4, -0.2) is 63.5 Å². The molecule has 0 spiro atoms. The number of fused-ring (bicyclic) bond motifs is 1. The van der Waals surface area contributed by atoms with Crippen molar-refractivity contribution in [2.45, 2.75) is 6.92 Å². The maximum Gasteiger partial charge on any atom is 0.256 e. The van der Waals surface area contributed by atoms with Crippen molar-refractivity contribution >= 4 is 33.9 Å². The van der Waals surface area contributed by atoms with E-state index in [9.17, 15) is 4.79 Å². The molecule has 7 nitrogen and oxygen atoms in total. The van der Waals surface area contributed by atoms with Gasteiger partial charge in [-0.3, -0.25) is 9.78 Å². The summed E-state index contributed by atoms with van der Waals surface area (Å²) in [6.07, 6.45) is 0. The third-order valence-electron chi connectivity index (χ3n) is 6.05. The molecule has 1 aromatic heterocycles. The molecule has 166 valence electrons. The first kappa shape index (κ1) is 20.7. The number of morpholine rings is 2. The highest BCUT2D eigenvalue weighted by Crippen LogP contribution is 2.33. The molecule has 0 unspecified atom stereocenters. The third-order valence-corrected chi connectivity index (χ3v) is 6.05. The maximum absolute atomic E-state index is 13.4. The molecule has 5 rings (SSSR count). The minimum atomic E-state index is -0.125. The number of hydrogen-bond acceptors (Lipinski definition) is 6. The summed E-state index contributed by atoms with van der Waals surface area (Å²) < 4.78 is 11.1. The molecule has 2 saturated heterocycles. The van der Waals surface area contributed by atoms with Crippen molar-refractivity contribution in [2.75, 3.05) is 67.7 Å². The number of hydrogen-bond donors (Lipinski definition) is 1. The Morgan fingerprint density at radius 2 is 1.59 bits per heavy atom. The SMILES string of the molecule is Cc1cc(C(=O)Nc2ccc(N3CCOCC3)cc2N2CCOCC2)c2ccccc2n1. The van der Waals surface area contributed by atoms with Gasteiger partial charge in [-0.15, -0.1) is 0 Å². The number of anilines is 3. The molecule has 2 aromatic carbocycles. The van der Waals surface area contributed by atoms with Gasteiger partial charge < -0.3 is 24.6 Å². The van der Waals surface area contributed by atoms with Crippen molar-refractivity contribution in [2.24, 2.45) is 0 Å². The highest BCUT2D eigenvalue weighted by Gasteiger charge is 2.21. The molecule has 0 atom stereocenters. The normalized spacial score (nSPS) is 16.9. The van der Waals surface area contributed by atoms with Crippen LogP contribution in [0, 0.1) is 6.92 Å². The molecule has 3 heterocycles. The van der Waals surface area contributed by atoms with Crippen molar-refractivity contribution < 1.29 is 14.3 Å². The minimum absolute atomic E-state index is 0.125. The Balaban J connectivity index is 1.49. The molecular formula is C25H28N4O3. The van der Waals surface area contributed by atoms with Gasteiger partial charge in [-0.2, -0.15) is 0 Å². The van der Waals surface area contributed by atoms with Crippen molar-refractivity contribution in [3.63, 3.8) is 0 Å². The van der Waals surface area contributed by atoms with Gasteiger partial charge in [-0.1, -0.05) is 18.2 Å². The molecule has 0 saturated carbocycles. The molecular weight excluding hydrogens is 404 g/mol. The molecule has 3 aromatic rings. The molecule has 0 bridgehead atoms. The molecule has 2 fully saturated rings. The molecule has 2 aliphatic rings. The van der Waals surface area contributed by atoms with Crippen molar-refractivity contribution in [1.29, 1.82) is 0 Å². The second kappa shape index (κ2) is 9.14. The molecule has 32 heavy (non-hydrogen) atoms. The number of carbonyl (C=O) groups excluding carboxylic acids is 1. The fraction of sp³-hybridized carbons (Fsp3) is 0.360. The first-order valence-electron chi connectivity index (χ1n) is 11.2. The topological polar surface area (TPSA) is 66.9 Å². The van der Waals surface area contributed by atoms with Gasteiger partial charge >= 0.3 is 0 Å². The summed E-state index contributed by atoms with van der Waals surface area (Å²) in [6, 6.07) is 15.9. The van der Waals surface area contributed by atoms with E-state index in [1.807, 2.05) is 43.3 Å². The highest BCUT2D eigenvalue weighted by atomic mass is 16.5. The Hall–Kier alpha value is -3.16. The summed E-state index contributed by atoms with van der Waals surface area (Å²) in [6.45, 7) is 8.10. The van der Waals surface area contributed by atoms with Crippen LogP contribution in [-0.2, 0) is 9.47 Å². The van der Waals surface area contributed by atoms with Gasteiger partial charge in [0.25, 0.3) is 5.91 Å². The van der Waals surface area contributed by atoms with Gasteiger partial charge in [0.05, 0.1) is 48.9 Å². The average Bonchev–Trinajstić information content (AvgIpc) is 2.84. The van der Waals surface area contributed by atoms with Crippen LogP contribution in [0.1, 0.15) is 16.1 Å². The number of rotatable bonds is 4. The van der Waals surface area contributed by atoms with E-state index in [2.05, 4.69) is 32.2 Å². The molecule has 7 heteroatoms. The fourth-order valence-electron chi connectivity index (χ4n) is 4.40. The van der Waals surface area contributed by atoms with Gasteiger partial charge in [0.2, 0.25) is 0 Å². The summed E-state index contributed by atoms with van der Waals surface area (Å²) in [5.74, 6) is -0.125. The van der Waals surface area contributed by atoms with E-state index in [-0.39, 0.29) is 5.91 Å². The lowest BCUT2D eigenvalue weighted by Crippen LogP contribution is -2.38. The number of para-hydroxylation sites is 1. The number of nitrogens with one attached hydrogen (secondary N) is 1.